The first kappa shape index (κ1) is 70.6. The van der Waals surface area contributed by atoms with Gasteiger partial charge in [-0.2, -0.15) is 0 Å². The third-order valence-electron chi connectivity index (χ3n) is 15.2. The van der Waals surface area contributed by atoms with Crippen LogP contribution in [0.15, 0.2) is 24.3 Å². The minimum absolute atomic E-state index is 0.0632. The van der Waals surface area contributed by atoms with Gasteiger partial charge in [0.1, 0.15) is 54.9 Å². The molecule has 0 amide bonds. The zero-order valence-electron chi connectivity index (χ0n) is 48.3. The van der Waals surface area contributed by atoms with Gasteiger partial charge >= 0.3 is 5.97 Å². The van der Waals surface area contributed by atoms with Crippen LogP contribution in [-0.2, 0) is 33.2 Å². The number of rotatable bonds is 52. The van der Waals surface area contributed by atoms with Crippen molar-refractivity contribution in [2.75, 3.05) is 33.0 Å². The highest BCUT2D eigenvalue weighted by Gasteiger charge is 2.47. The minimum Gasteiger partial charge on any atom is -0.457 e. The molecular formula is C62H116O14. The first-order valence-corrected chi connectivity index (χ1v) is 31.4. The van der Waals surface area contributed by atoms with Crippen molar-refractivity contribution in [3.63, 3.8) is 0 Å². The maximum atomic E-state index is 13.1. The number of unbranched alkanes of at least 4 members (excludes halogenated alkanes) is 34. The van der Waals surface area contributed by atoms with Gasteiger partial charge in [-0.05, 0) is 44.9 Å². The summed E-state index contributed by atoms with van der Waals surface area (Å²) < 4.78 is 34.5. The number of ether oxygens (including phenoxy) is 6. The summed E-state index contributed by atoms with van der Waals surface area (Å²) in [6.45, 7) is 3.71. The topological polar surface area (TPSA) is 214 Å². The van der Waals surface area contributed by atoms with Gasteiger partial charge in [0.15, 0.2) is 12.6 Å². The summed E-state index contributed by atoms with van der Waals surface area (Å²) in [5.41, 5.74) is 0. The Balaban J connectivity index is 1.66. The van der Waals surface area contributed by atoms with Gasteiger partial charge in [0.2, 0.25) is 0 Å². The number of hydrogen-bond donors (Lipinski definition) is 7. The van der Waals surface area contributed by atoms with Crippen molar-refractivity contribution < 1.29 is 69.0 Å². The zero-order chi connectivity index (χ0) is 55.1. The predicted molar refractivity (Wildman–Crippen MR) is 303 cm³/mol. The van der Waals surface area contributed by atoms with E-state index >= 15 is 0 Å². The largest absolute Gasteiger partial charge is 0.457 e. The molecule has 14 nitrogen and oxygen atoms in total. The van der Waals surface area contributed by atoms with E-state index in [2.05, 4.69) is 38.2 Å². The average molecular weight is 1090 g/mol. The van der Waals surface area contributed by atoms with Crippen LogP contribution in [0.1, 0.15) is 264 Å². The van der Waals surface area contributed by atoms with E-state index in [-0.39, 0.29) is 25.6 Å². The molecule has 2 saturated heterocycles. The SMILES string of the molecule is CCCCC/C=C\C/C=C\CCCCCCCCCC(=O)OC(COCCCCCCCCCCCCCCCCCCCCCCCCCCC)COC1OC(COC2OC(CO)C(O)C(O)C2O)C(O)C(O)C1O. The van der Waals surface area contributed by atoms with Crippen molar-refractivity contribution in [2.24, 2.45) is 0 Å². The molecule has 2 aliphatic heterocycles. The van der Waals surface area contributed by atoms with Gasteiger partial charge in [0.05, 0.1) is 26.4 Å². The number of carbonyl (C=O) groups is 1. The Morgan fingerprint density at radius 1 is 0.434 bits per heavy atom. The van der Waals surface area contributed by atoms with Crippen molar-refractivity contribution in [3.8, 4) is 0 Å². The highest BCUT2D eigenvalue weighted by Crippen LogP contribution is 2.27. The molecule has 0 spiro atoms. The number of aliphatic hydroxyl groups excluding tert-OH is 7. The maximum absolute atomic E-state index is 13.1. The fraction of sp³-hybridized carbons (Fsp3) is 0.919. The fourth-order valence-electron chi connectivity index (χ4n) is 10.1. The molecule has 11 atom stereocenters. The second-order valence-corrected chi connectivity index (χ2v) is 22.2. The molecule has 76 heavy (non-hydrogen) atoms. The Bertz CT molecular complexity index is 1350. The van der Waals surface area contributed by atoms with Crippen molar-refractivity contribution in [3.05, 3.63) is 24.3 Å². The third-order valence-corrected chi connectivity index (χ3v) is 15.2. The van der Waals surface area contributed by atoms with E-state index in [1.54, 1.807) is 0 Å². The molecule has 0 aliphatic carbocycles. The van der Waals surface area contributed by atoms with Crippen LogP contribution in [0.25, 0.3) is 0 Å². The Morgan fingerprint density at radius 2 is 0.816 bits per heavy atom. The van der Waals surface area contributed by atoms with Crippen LogP contribution in [0.5, 0.6) is 0 Å². The van der Waals surface area contributed by atoms with Crippen LogP contribution in [-0.4, -0.2) is 142 Å². The summed E-state index contributed by atoms with van der Waals surface area (Å²) in [5.74, 6) is -0.379. The van der Waals surface area contributed by atoms with Crippen LogP contribution in [0, 0.1) is 0 Å². The highest BCUT2D eigenvalue weighted by atomic mass is 16.7. The van der Waals surface area contributed by atoms with Crippen LogP contribution in [0.3, 0.4) is 0 Å². The van der Waals surface area contributed by atoms with Gasteiger partial charge in [0.25, 0.3) is 0 Å². The summed E-state index contributed by atoms with van der Waals surface area (Å²) in [6, 6.07) is 0. The molecular weight excluding hydrogens is 969 g/mol. The van der Waals surface area contributed by atoms with Gasteiger partial charge in [0, 0.05) is 13.0 Å². The lowest BCUT2D eigenvalue weighted by Gasteiger charge is -2.42. The van der Waals surface area contributed by atoms with Crippen molar-refractivity contribution >= 4 is 5.97 Å². The summed E-state index contributed by atoms with van der Waals surface area (Å²) >= 11 is 0. The summed E-state index contributed by atoms with van der Waals surface area (Å²) in [5, 5.41) is 72.4. The Labute approximate surface area is 462 Å². The molecule has 0 aromatic carbocycles. The monoisotopic (exact) mass is 1080 g/mol. The van der Waals surface area contributed by atoms with E-state index in [0.29, 0.717) is 13.0 Å². The van der Waals surface area contributed by atoms with E-state index in [1.807, 2.05) is 0 Å². The Hall–Kier alpha value is -1.53. The van der Waals surface area contributed by atoms with E-state index in [4.69, 9.17) is 28.4 Å². The third kappa shape index (κ3) is 35.3. The van der Waals surface area contributed by atoms with Gasteiger partial charge in [-0.1, -0.05) is 237 Å². The zero-order valence-corrected chi connectivity index (χ0v) is 48.3. The molecule has 448 valence electrons. The average Bonchev–Trinajstić information content (AvgIpc) is 3.42. The standard InChI is InChI=1S/C62H116O14/c1-3-5-7-9-11-13-15-17-19-21-22-23-24-25-26-27-28-30-32-34-36-38-40-42-44-46-71-48-51(74-54(64)45-43-41-39-37-35-33-31-29-20-18-16-14-12-10-8-6-4-2)49-72-61-60(70)58(68)56(66)53(76-61)50-73-62-59(69)57(67)55(65)52(47-63)75-62/h12,14,18,20,51-53,55-63,65-70H,3-11,13,15-17,19,21-50H2,1-2H3/b14-12-,20-18-. The molecule has 2 rings (SSSR count). The van der Waals surface area contributed by atoms with Crippen molar-refractivity contribution in [1.29, 1.82) is 0 Å². The predicted octanol–water partition coefficient (Wildman–Crippen LogP) is 11.9. The number of aliphatic hydroxyl groups is 7. The number of allylic oxidation sites excluding steroid dienone is 4. The second-order valence-electron chi connectivity index (χ2n) is 22.2. The van der Waals surface area contributed by atoms with Gasteiger partial charge < -0.3 is 64.2 Å². The molecule has 2 aliphatic rings. The molecule has 2 heterocycles. The van der Waals surface area contributed by atoms with Gasteiger partial charge in [-0.15, -0.1) is 0 Å². The van der Waals surface area contributed by atoms with Crippen LogP contribution in [0.2, 0.25) is 0 Å². The Morgan fingerprint density at radius 3 is 1.29 bits per heavy atom. The quantitative estimate of drug-likeness (QED) is 0.0172. The Kier molecular flexibility index (Phi) is 45.8. The first-order valence-electron chi connectivity index (χ1n) is 31.4. The van der Waals surface area contributed by atoms with E-state index < -0.39 is 80.7 Å². The molecule has 0 bridgehead atoms. The molecule has 2 fully saturated rings. The number of hydrogen-bond acceptors (Lipinski definition) is 14. The molecule has 0 aromatic heterocycles. The lowest BCUT2D eigenvalue weighted by molar-refractivity contribution is -0.332. The lowest BCUT2D eigenvalue weighted by Crippen LogP contribution is -2.61. The number of carbonyl (C=O) groups excluding carboxylic acids is 1. The molecule has 11 unspecified atom stereocenters. The lowest BCUT2D eigenvalue weighted by atomic mass is 9.98. The van der Waals surface area contributed by atoms with E-state index in [1.165, 1.54) is 186 Å². The van der Waals surface area contributed by atoms with Gasteiger partial charge in [-0.3, -0.25) is 4.79 Å². The van der Waals surface area contributed by atoms with E-state index in [9.17, 15) is 40.5 Å². The van der Waals surface area contributed by atoms with Crippen molar-refractivity contribution in [1.82, 2.24) is 0 Å². The summed E-state index contributed by atoms with van der Waals surface area (Å²) in [7, 11) is 0. The second kappa shape index (κ2) is 49.3. The highest BCUT2D eigenvalue weighted by molar-refractivity contribution is 5.69. The molecule has 7 N–H and O–H groups in total. The van der Waals surface area contributed by atoms with Crippen LogP contribution in [0.4, 0.5) is 0 Å². The van der Waals surface area contributed by atoms with Crippen molar-refractivity contribution in [2.45, 2.75) is 332 Å². The molecule has 0 aromatic rings. The fourth-order valence-corrected chi connectivity index (χ4v) is 10.1. The van der Waals surface area contributed by atoms with Crippen LogP contribution >= 0.6 is 0 Å². The molecule has 0 saturated carbocycles. The summed E-state index contributed by atoms with van der Waals surface area (Å²) in [6.07, 6.45) is 41.0. The summed E-state index contributed by atoms with van der Waals surface area (Å²) in [4.78, 5) is 13.1. The normalized spacial score (nSPS) is 24.5. The smallest absolute Gasteiger partial charge is 0.306 e. The minimum atomic E-state index is -1.71. The first-order chi connectivity index (χ1) is 37.1. The molecule has 0 radical (unpaired) electrons. The van der Waals surface area contributed by atoms with E-state index in [0.717, 1.165) is 51.4 Å². The maximum Gasteiger partial charge on any atom is 0.306 e. The van der Waals surface area contributed by atoms with Crippen LogP contribution < -0.4 is 0 Å². The van der Waals surface area contributed by atoms with Gasteiger partial charge in [-0.25, -0.2) is 0 Å². The molecule has 14 heteroatoms. The number of esters is 1.